The third kappa shape index (κ3) is 4.12. The zero-order valence-corrected chi connectivity index (χ0v) is 13.8. The number of rotatable bonds is 6. The van der Waals surface area contributed by atoms with Gasteiger partial charge in [-0.1, -0.05) is 18.2 Å². The quantitative estimate of drug-likeness (QED) is 0.884. The number of hydrogen-bond donors (Lipinski definition) is 1. The summed E-state index contributed by atoms with van der Waals surface area (Å²) in [5.74, 6) is 0.121. The van der Waals surface area contributed by atoms with Crippen LogP contribution in [-0.2, 0) is 16.1 Å². The topological polar surface area (TPSA) is 46.5 Å². The van der Waals surface area contributed by atoms with Crippen LogP contribution < -0.4 is 5.32 Å². The third-order valence-corrected chi connectivity index (χ3v) is 4.43. The summed E-state index contributed by atoms with van der Waals surface area (Å²) >= 11 is 0. The van der Waals surface area contributed by atoms with Crippen molar-refractivity contribution in [1.29, 1.82) is 0 Å². The second-order valence-corrected chi connectivity index (χ2v) is 6.05. The molecule has 2 heterocycles. The zero-order valence-electron chi connectivity index (χ0n) is 13.8. The maximum atomic E-state index is 12.1. The van der Waals surface area contributed by atoms with Crippen molar-refractivity contribution in [3.63, 3.8) is 0 Å². The van der Waals surface area contributed by atoms with Crippen molar-refractivity contribution < 1.29 is 9.53 Å². The Morgan fingerprint density at radius 1 is 1.22 bits per heavy atom. The van der Waals surface area contributed by atoms with Gasteiger partial charge in [0.15, 0.2) is 0 Å². The van der Waals surface area contributed by atoms with Crippen LogP contribution in [0.1, 0.15) is 12.1 Å². The lowest BCUT2D eigenvalue weighted by molar-refractivity contribution is -0.121. The molecular weight excluding hydrogens is 290 g/mol. The number of carbonyl (C=O) groups excluding carboxylic acids is 1. The lowest BCUT2D eigenvalue weighted by Gasteiger charge is -2.26. The lowest BCUT2D eigenvalue weighted by atomic mass is 10.2. The Labute approximate surface area is 137 Å². The predicted octanol–water partition coefficient (Wildman–Crippen LogP) is 1.79. The summed E-state index contributed by atoms with van der Waals surface area (Å²) in [5.41, 5.74) is 2.40. The van der Waals surface area contributed by atoms with E-state index in [0.717, 1.165) is 39.4 Å². The normalized spacial score (nSPS) is 15.9. The molecule has 1 N–H and O–H groups in total. The van der Waals surface area contributed by atoms with Crippen molar-refractivity contribution in [2.45, 2.75) is 19.9 Å². The van der Waals surface area contributed by atoms with Crippen LogP contribution in [0.25, 0.3) is 10.9 Å². The molecule has 1 amide bonds. The molecule has 0 bridgehead atoms. The number of morpholine rings is 1. The van der Waals surface area contributed by atoms with Gasteiger partial charge in [-0.25, -0.2) is 0 Å². The smallest absolute Gasteiger partial charge is 0.221 e. The van der Waals surface area contributed by atoms with Crippen LogP contribution in [0, 0.1) is 6.92 Å². The highest BCUT2D eigenvalue weighted by Crippen LogP contribution is 2.19. The zero-order chi connectivity index (χ0) is 16.1. The van der Waals surface area contributed by atoms with Crippen molar-refractivity contribution in [2.24, 2.45) is 0 Å². The average molecular weight is 315 g/mol. The second-order valence-electron chi connectivity index (χ2n) is 6.05. The maximum Gasteiger partial charge on any atom is 0.221 e. The molecule has 0 atom stereocenters. The summed E-state index contributed by atoms with van der Waals surface area (Å²) in [6.07, 6.45) is 0.516. The Bertz CT molecular complexity index is 659. The molecule has 0 radical (unpaired) electrons. The van der Waals surface area contributed by atoms with Crippen LogP contribution in [-0.4, -0.2) is 54.8 Å². The molecule has 1 aromatic heterocycles. The molecule has 0 aliphatic carbocycles. The van der Waals surface area contributed by atoms with Crippen LogP contribution in [0.5, 0.6) is 0 Å². The largest absolute Gasteiger partial charge is 0.379 e. The summed E-state index contributed by atoms with van der Waals surface area (Å²) in [6, 6.07) is 10.5. The summed E-state index contributed by atoms with van der Waals surface area (Å²) < 4.78 is 7.54. The van der Waals surface area contributed by atoms with E-state index in [4.69, 9.17) is 4.74 Å². The summed E-state index contributed by atoms with van der Waals surface area (Å²) in [5, 5.41) is 4.26. The van der Waals surface area contributed by atoms with E-state index in [1.165, 1.54) is 16.6 Å². The van der Waals surface area contributed by atoms with Gasteiger partial charge in [-0.15, -0.1) is 0 Å². The number of aromatic nitrogens is 1. The first-order valence-electron chi connectivity index (χ1n) is 8.36. The van der Waals surface area contributed by atoms with E-state index in [1.807, 2.05) is 12.1 Å². The summed E-state index contributed by atoms with van der Waals surface area (Å²) in [6.45, 7) is 7.96. The Morgan fingerprint density at radius 3 is 2.83 bits per heavy atom. The SMILES string of the molecule is Cc1cc2ccccc2n1CCC(=O)NCCN1CCOCC1. The number of ether oxygens (including phenoxy) is 1. The fraction of sp³-hybridized carbons (Fsp3) is 0.500. The van der Waals surface area contributed by atoms with Crippen molar-refractivity contribution >= 4 is 16.8 Å². The maximum absolute atomic E-state index is 12.1. The highest BCUT2D eigenvalue weighted by atomic mass is 16.5. The molecule has 0 spiro atoms. The molecule has 0 unspecified atom stereocenters. The molecule has 2 aromatic rings. The van der Waals surface area contributed by atoms with Gasteiger partial charge in [0.25, 0.3) is 0 Å². The van der Waals surface area contributed by atoms with Gasteiger partial charge in [0, 0.05) is 50.4 Å². The number of hydrogen-bond acceptors (Lipinski definition) is 3. The Morgan fingerprint density at radius 2 is 2.00 bits per heavy atom. The molecule has 5 heteroatoms. The van der Waals surface area contributed by atoms with E-state index >= 15 is 0 Å². The number of aryl methyl sites for hydroxylation is 2. The molecular formula is C18H25N3O2. The molecule has 3 rings (SSSR count). The van der Waals surface area contributed by atoms with E-state index in [2.05, 4.69) is 39.9 Å². The van der Waals surface area contributed by atoms with Gasteiger partial charge in [0.1, 0.15) is 0 Å². The fourth-order valence-corrected chi connectivity index (χ4v) is 3.13. The van der Waals surface area contributed by atoms with Crippen molar-refractivity contribution in [2.75, 3.05) is 39.4 Å². The van der Waals surface area contributed by atoms with Gasteiger partial charge < -0.3 is 14.6 Å². The molecule has 1 aromatic carbocycles. The molecule has 5 nitrogen and oxygen atoms in total. The second kappa shape index (κ2) is 7.62. The van der Waals surface area contributed by atoms with E-state index in [1.54, 1.807) is 0 Å². The van der Waals surface area contributed by atoms with E-state index in [9.17, 15) is 4.79 Å². The van der Waals surface area contributed by atoms with Gasteiger partial charge in [-0.3, -0.25) is 9.69 Å². The van der Waals surface area contributed by atoms with Gasteiger partial charge in [-0.05, 0) is 24.4 Å². The number of nitrogens with one attached hydrogen (secondary N) is 1. The first kappa shape index (κ1) is 16.0. The highest BCUT2D eigenvalue weighted by Gasteiger charge is 2.11. The van der Waals surface area contributed by atoms with Gasteiger partial charge in [-0.2, -0.15) is 0 Å². The molecule has 0 saturated carbocycles. The lowest BCUT2D eigenvalue weighted by Crippen LogP contribution is -2.41. The number of benzene rings is 1. The minimum atomic E-state index is 0.121. The first-order chi connectivity index (χ1) is 11.2. The van der Waals surface area contributed by atoms with Crippen LogP contribution in [0.15, 0.2) is 30.3 Å². The summed E-state index contributed by atoms with van der Waals surface area (Å²) in [7, 11) is 0. The Balaban J connectivity index is 1.45. The van der Waals surface area contributed by atoms with Crippen LogP contribution in [0.3, 0.4) is 0 Å². The molecule has 124 valence electrons. The highest BCUT2D eigenvalue weighted by molar-refractivity contribution is 5.81. The van der Waals surface area contributed by atoms with Crippen LogP contribution in [0.4, 0.5) is 0 Å². The van der Waals surface area contributed by atoms with Crippen LogP contribution in [0.2, 0.25) is 0 Å². The molecule has 23 heavy (non-hydrogen) atoms. The monoisotopic (exact) mass is 315 g/mol. The molecule has 1 aliphatic rings. The van der Waals surface area contributed by atoms with Crippen molar-refractivity contribution in [3.8, 4) is 0 Å². The molecule has 1 aliphatic heterocycles. The summed E-state index contributed by atoms with van der Waals surface area (Å²) in [4.78, 5) is 14.4. The van der Waals surface area contributed by atoms with Gasteiger partial charge >= 0.3 is 0 Å². The van der Waals surface area contributed by atoms with Gasteiger partial charge in [0.2, 0.25) is 5.91 Å². The fourth-order valence-electron chi connectivity index (χ4n) is 3.13. The minimum absolute atomic E-state index is 0.121. The number of fused-ring (bicyclic) bond motifs is 1. The minimum Gasteiger partial charge on any atom is -0.379 e. The molecule has 1 fully saturated rings. The molecule has 1 saturated heterocycles. The Hall–Kier alpha value is -1.85. The standard InChI is InChI=1S/C18H25N3O2/c1-15-14-16-4-2-3-5-17(16)21(15)8-6-18(22)19-7-9-20-10-12-23-13-11-20/h2-5,14H,6-13H2,1H3,(H,19,22). The van der Waals surface area contributed by atoms with Crippen LogP contribution >= 0.6 is 0 Å². The number of nitrogens with zero attached hydrogens (tertiary/aromatic N) is 2. The predicted molar refractivity (Wildman–Crippen MR) is 91.6 cm³/mol. The third-order valence-electron chi connectivity index (χ3n) is 4.43. The van der Waals surface area contributed by atoms with Gasteiger partial charge in [0.05, 0.1) is 13.2 Å². The Kier molecular flexibility index (Phi) is 5.31. The van der Waals surface area contributed by atoms with E-state index < -0.39 is 0 Å². The number of carbonyl (C=O) groups is 1. The van der Waals surface area contributed by atoms with E-state index in [-0.39, 0.29) is 5.91 Å². The van der Waals surface area contributed by atoms with Crippen molar-refractivity contribution in [1.82, 2.24) is 14.8 Å². The average Bonchev–Trinajstić information content (AvgIpc) is 2.89. The first-order valence-corrected chi connectivity index (χ1v) is 8.36. The number of amides is 1. The van der Waals surface area contributed by atoms with E-state index in [0.29, 0.717) is 13.0 Å². The van der Waals surface area contributed by atoms with Crippen molar-refractivity contribution in [3.05, 3.63) is 36.0 Å². The number of para-hydroxylation sites is 1.